The minimum Gasteiger partial charge on any atom is -0.286 e. The molecule has 2 rings (SSSR count). The second-order valence-corrected chi connectivity index (χ2v) is 8.57. The van der Waals surface area contributed by atoms with Gasteiger partial charge >= 0.3 is 0 Å². The third-order valence-corrected chi connectivity index (χ3v) is 5.68. The van der Waals surface area contributed by atoms with E-state index in [1.54, 1.807) is 6.92 Å². The van der Waals surface area contributed by atoms with Crippen molar-refractivity contribution in [2.75, 3.05) is 5.75 Å². The van der Waals surface area contributed by atoms with Crippen molar-refractivity contribution < 1.29 is 25.9 Å². The van der Waals surface area contributed by atoms with Crippen molar-refractivity contribution in [2.45, 2.75) is 37.0 Å². The zero-order chi connectivity index (χ0) is 16.8. The molecule has 0 amide bonds. The van der Waals surface area contributed by atoms with E-state index in [1.165, 1.54) is 18.2 Å². The topological polar surface area (TPSA) is 121 Å². The van der Waals surface area contributed by atoms with Gasteiger partial charge < -0.3 is 0 Å². The molecule has 0 saturated carbocycles. The van der Waals surface area contributed by atoms with E-state index in [1.807, 2.05) is 6.92 Å². The SMILES string of the molecule is CC1=Nc2ccc(S(=O)(=O)O)cc2C1(C)CCCS(=O)(=O)O.[K].[K]. The van der Waals surface area contributed by atoms with E-state index in [-0.39, 0.29) is 120 Å². The van der Waals surface area contributed by atoms with Crippen LogP contribution in [0.1, 0.15) is 32.3 Å². The van der Waals surface area contributed by atoms with Crippen molar-refractivity contribution >= 4 is 134 Å². The van der Waals surface area contributed by atoms with E-state index in [4.69, 9.17) is 9.11 Å². The smallest absolute Gasteiger partial charge is 0.286 e. The first-order valence-electron chi connectivity index (χ1n) is 6.56. The minimum atomic E-state index is -4.32. The van der Waals surface area contributed by atoms with Crippen LogP contribution in [0.2, 0.25) is 0 Å². The van der Waals surface area contributed by atoms with Gasteiger partial charge in [-0.25, -0.2) is 0 Å². The van der Waals surface area contributed by atoms with E-state index >= 15 is 0 Å². The summed E-state index contributed by atoms with van der Waals surface area (Å²) in [6, 6.07) is 4.14. The molecule has 1 aromatic carbocycles. The standard InChI is InChI=1S/C13H17NO6S2.2K/c1-9-13(2,6-3-7-21(15,16)17)11-8-10(22(18,19)20)4-5-12(11)14-9;;/h4-5,8H,3,6-7H2,1-2H3,(H,15,16,17)(H,18,19,20);;. The quantitative estimate of drug-likeness (QED) is 0.540. The molecular weight excluding hydrogens is 408 g/mol. The number of hydrogen-bond acceptors (Lipinski definition) is 5. The summed E-state index contributed by atoms with van der Waals surface area (Å²) in [5.41, 5.74) is 1.31. The maximum Gasteiger partial charge on any atom is 0.294 e. The second kappa shape index (κ2) is 9.46. The van der Waals surface area contributed by atoms with Crippen LogP contribution in [-0.4, -0.2) is 140 Å². The summed E-state index contributed by atoms with van der Waals surface area (Å²) in [4.78, 5) is 4.15. The molecule has 1 aromatic rings. The summed E-state index contributed by atoms with van der Waals surface area (Å²) in [6.07, 6.45) is 0.585. The van der Waals surface area contributed by atoms with Crippen LogP contribution in [0.4, 0.5) is 5.69 Å². The van der Waals surface area contributed by atoms with Crippen molar-refractivity contribution in [2.24, 2.45) is 4.99 Å². The van der Waals surface area contributed by atoms with Gasteiger partial charge in [0.1, 0.15) is 0 Å². The molecule has 1 unspecified atom stereocenters. The van der Waals surface area contributed by atoms with Crippen molar-refractivity contribution in [3.8, 4) is 0 Å². The summed E-state index contributed by atoms with van der Waals surface area (Å²) in [5, 5.41) is 0. The van der Waals surface area contributed by atoms with Gasteiger partial charge in [0.25, 0.3) is 20.2 Å². The Hall–Kier alpha value is 1.98. The van der Waals surface area contributed by atoms with Crippen molar-refractivity contribution in [3.05, 3.63) is 23.8 Å². The number of aliphatic imine (C=N–C) groups is 1. The Morgan fingerprint density at radius 3 is 2.21 bits per heavy atom. The van der Waals surface area contributed by atoms with Crippen molar-refractivity contribution in [1.29, 1.82) is 0 Å². The minimum absolute atomic E-state index is 0. The summed E-state index contributed by atoms with van der Waals surface area (Å²) in [6.45, 7) is 3.61. The van der Waals surface area contributed by atoms with Gasteiger partial charge in [-0.2, -0.15) is 16.8 Å². The Morgan fingerprint density at radius 1 is 1.12 bits per heavy atom. The maximum absolute atomic E-state index is 11.3. The Labute approximate surface area is 227 Å². The van der Waals surface area contributed by atoms with Crippen LogP contribution in [0.5, 0.6) is 0 Å². The molecule has 1 aliphatic rings. The fourth-order valence-electron chi connectivity index (χ4n) is 2.64. The molecule has 0 aliphatic carbocycles. The molecular formula is C13H17K2NO6S2. The molecule has 7 nitrogen and oxygen atoms in total. The van der Waals surface area contributed by atoms with Gasteiger partial charge in [0.2, 0.25) is 0 Å². The average Bonchev–Trinajstić information content (AvgIpc) is 2.59. The fourth-order valence-corrected chi connectivity index (χ4v) is 3.65. The summed E-state index contributed by atoms with van der Waals surface area (Å²) < 4.78 is 62.2. The number of fused-ring (bicyclic) bond motifs is 1. The Bertz CT molecular complexity index is 851. The van der Waals surface area contributed by atoms with Gasteiger partial charge in [-0.15, -0.1) is 0 Å². The third-order valence-electron chi connectivity index (χ3n) is 4.03. The van der Waals surface area contributed by atoms with Crippen LogP contribution in [0, 0.1) is 0 Å². The molecule has 24 heavy (non-hydrogen) atoms. The first-order chi connectivity index (χ1) is 9.93. The van der Waals surface area contributed by atoms with Crippen LogP contribution in [-0.2, 0) is 25.7 Å². The van der Waals surface area contributed by atoms with Crippen LogP contribution < -0.4 is 0 Å². The number of hydrogen-bond donors (Lipinski definition) is 2. The van der Waals surface area contributed by atoms with Crippen molar-refractivity contribution in [1.82, 2.24) is 0 Å². The van der Waals surface area contributed by atoms with E-state index in [9.17, 15) is 16.8 Å². The van der Waals surface area contributed by atoms with Gasteiger partial charge in [0.15, 0.2) is 0 Å². The summed E-state index contributed by atoms with van der Waals surface area (Å²) >= 11 is 0. The van der Waals surface area contributed by atoms with Crippen LogP contribution in [0.25, 0.3) is 0 Å². The van der Waals surface area contributed by atoms with E-state index in [0.717, 1.165) is 5.71 Å². The van der Waals surface area contributed by atoms with Crippen LogP contribution in [0.3, 0.4) is 0 Å². The second-order valence-electron chi connectivity index (χ2n) is 5.57. The first kappa shape index (κ1) is 26.0. The molecule has 1 aliphatic heterocycles. The van der Waals surface area contributed by atoms with Gasteiger partial charge in [-0.05, 0) is 43.5 Å². The molecule has 0 fully saturated rings. The molecule has 11 heteroatoms. The number of nitrogens with zero attached hydrogens (tertiary/aromatic N) is 1. The maximum atomic E-state index is 11.3. The molecule has 2 N–H and O–H groups in total. The normalized spacial score (nSPS) is 19.8. The van der Waals surface area contributed by atoms with Crippen LogP contribution in [0.15, 0.2) is 28.1 Å². The molecule has 2 radical (unpaired) electrons. The van der Waals surface area contributed by atoms with Gasteiger partial charge in [-0.1, -0.05) is 6.92 Å². The average molecular weight is 426 g/mol. The Balaban J connectivity index is 0.00000264. The van der Waals surface area contributed by atoms with E-state index < -0.39 is 25.7 Å². The number of rotatable bonds is 5. The predicted octanol–water partition coefficient (Wildman–Crippen LogP) is 1.20. The van der Waals surface area contributed by atoms with E-state index in [0.29, 0.717) is 17.7 Å². The van der Waals surface area contributed by atoms with Gasteiger partial charge in [0, 0.05) is 114 Å². The molecule has 1 heterocycles. The molecule has 0 bridgehead atoms. The third kappa shape index (κ3) is 6.26. The zero-order valence-corrected chi connectivity index (χ0v) is 22.0. The zero-order valence-electron chi connectivity index (χ0n) is 14.1. The van der Waals surface area contributed by atoms with Gasteiger partial charge in [0.05, 0.1) is 16.3 Å². The Kier molecular flexibility index (Phi) is 10.2. The molecule has 1 atom stereocenters. The summed E-state index contributed by atoms with van der Waals surface area (Å²) in [5.74, 6) is -0.372. The largest absolute Gasteiger partial charge is 0.294 e. The monoisotopic (exact) mass is 425 g/mol. The summed E-state index contributed by atoms with van der Waals surface area (Å²) in [7, 11) is -8.37. The first-order valence-corrected chi connectivity index (χ1v) is 9.61. The van der Waals surface area contributed by atoms with Gasteiger partial charge in [-0.3, -0.25) is 14.1 Å². The van der Waals surface area contributed by atoms with Crippen LogP contribution >= 0.6 is 0 Å². The van der Waals surface area contributed by atoms with E-state index in [2.05, 4.69) is 4.99 Å². The molecule has 0 saturated heterocycles. The number of benzene rings is 1. The predicted molar refractivity (Wildman–Crippen MR) is 93.5 cm³/mol. The molecule has 0 spiro atoms. The molecule has 0 aromatic heterocycles. The molecule has 124 valence electrons. The fraction of sp³-hybridized carbons (Fsp3) is 0.462. The Morgan fingerprint density at radius 2 is 1.71 bits per heavy atom. The van der Waals surface area contributed by atoms with Crippen molar-refractivity contribution in [3.63, 3.8) is 0 Å².